The summed E-state index contributed by atoms with van der Waals surface area (Å²) < 4.78 is 0. The molecule has 0 heterocycles. The van der Waals surface area contributed by atoms with E-state index >= 15 is 0 Å². The number of nitrogens with zero attached hydrogens (tertiary/aromatic N) is 1. The highest BCUT2D eigenvalue weighted by Gasteiger charge is 2.20. The molecule has 3 heteroatoms. The average molecular weight is 246 g/mol. The third-order valence-electron chi connectivity index (χ3n) is 2.60. The lowest BCUT2D eigenvalue weighted by Gasteiger charge is -2.35. The van der Waals surface area contributed by atoms with Crippen LogP contribution in [0.15, 0.2) is 18.2 Å². The highest BCUT2D eigenvalue weighted by atomic mass is 35.5. The van der Waals surface area contributed by atoms with E-state index in [1.807, 2.05) is 12.1 Å². The molecule has 1 aromatic carbocycles. The molecule has 1 nitrogen and oxygen atoms in total. The zero-order valence-electron chi connectivity index (χ0n) is 9.64. The number of rotatable bonds is 2. The average Bonchev–Trinajstić information content (AvgIpc) is 2.14. The molecule has 0 spiro atoms. The van der Waals surface area contributed by atoms with Gasteiger partial charge < -0.3 is 4.90 Å². The van der Waals surface area contributed by atoms with Gasteiger partial charge in [-0.1, -0.05) is 17.7 Å². The molecule has 0 atom stereocenters. The van der Waals surface area contributed by atoms with Crippen LogP contribution in [-0.4, -0.2) is 12.6 Å². The maximum Gasteiger partial charge on any atom is 0.0509 e. The molecule has 1 aromatic rings. The predicted molar refractivity (Wildman–Crippen MR) is 69.2 cm³/mol. The molecule has 0 bridgehead atoms. The minimum absolute atomic E-state index is 0.0610. The Morgan fingerprint density at radius 3 is 2.33 bits per heavy atom. The molecule has 0 unspecified atom stereocenters. The van der Waals surface area contributed by atoms with Crippen LogP contribution in [0.3, 0.4) is 0 Å². The van der Waals surface area contributed by atoms with Crippen LogP contribution in [-0.2, 0) is 5.88 Å². The highest BCUT2D eigenvalue weighted by Crippen LogP contribution is 2.31. The molecule has 0 aliphatic rings. The van der Waals surface area contributed by atoms with Gasteiger partial charge in [0.1, 0.15) is 0 Å². The Bertz CT molecular complexity index is 342. The first-order chi connectivity index (χ1) is 6.88. The van der Waals surface area contributed by atoms with Gasteiger partial charge in [0.15, 0.2) is 0 Å². The zero-order chi connectivity index (χ0) is 11.6. The Balaban J connectivity index is 3.20. The van der Waals surface area contributed by atoms with E-state index in [0.29, 0.717) is 5.88 Å². The van der Waals surface area contributed by atoms with Crippen molar-refractivity contribution < 1.29 is 0 Å². The Kier molecular flexibility index (Phi) is 3.91. The smallest absolute Gasteiger partial charge is 0.0509 e. The summed E-state index contributed by atoms with van der Waals surface area (Å²) in [5, 5.41) is 0.735. The zero-order valence-corrected chi connectivity index (χ0v) is 11.2. The van der Waals surface area contributed by atoms with Crippen molar-refractivity contribution in [3.8, 4) is 0 Å². The molecule has 0 aromatic heterocycles. The van der Waals surface area contributed by atoms with Crippen LogP contribution in [0.1, 0.15) is 26.3 Å². The second kappa shape index (κ2) is 4.63. The molecule has 0 radical (unpaired) electrons. The maximum atomic E-state index is 6.11. The number of hydrogen-bond acceptors (Lipinski definition) is 1. The summed E-state index contributed by atoms with van der Waals surface area (Å²) in [6.45, 7) is 6.48. The summed E-state index contributed by atoms with van der Waals surface area (Å²) in [5.74, 6) is 0.440. The second-order valence-electron chi connectivity index (χ2n) is 4.60. The van der Waals surface area contributed by atoms with E-state index in [2.05, 4.69) is 38.8 Å². The summed E-state index contributed by atoms with van der Waals surface area (Å²) in [4.78, 5) is 2.19. The van der Waals surface area contributed by atoms with Gasteiger partial charge in [0.05, 0.1) is 5.88 Å². The molecular weight excluding hydrogens is 229 g/mol. The summed E-state index contributed by atoms with van der Waals surface area (Å²) >= 11 is 12.0. The number of hydrogen-bond donors (Lipinski definition) is 0. The molecule has 0 saturated carbocycles. The summed E-state index contributed by atoms with van der Waals surface area (Å²) in [6.07, 6.45) is 0. The topological polar surface area (TPSA) is 3.24 Å². The standard InChI is InChI=1S/C12H17Cl2N/c1-12(2,3)15(4)11-7-5-6-10(14)9(11)8-13/h5-7H,8H2,1-4H3. The largest absolute Gasteiger partial charge is 0.369 e. The van der Waals surface area contributed by atoms with Crippen LogP contribution >= 0.6 is 23.2 Å². The molecule has 1 rings (SSSR count). The summed E-state index contributed by atoms with van der Waals surface area (Å²) in [6, 6.07) is 5.88. The van der Waals surface area contributed by atoms with E-state index < -0.39 is 0 Å². The van der Waals surface area contributed by atoms with Crippen LogP contribution in [0.5, 0.6) is 0 Å². The lowest BCUT2D eigenvalue weighted by Crippen LogP contribution is -2.38. The molecule has 0 fully saturated rings. The van der Waals surface area contributed by atoms with Gasteiger partial charge in [-0.05, 0) is 32.9 Å². The van der Waals surface area contributed by atoms with Crippen molar-refractivity contribution in [2.24, 2.45) is 0 Å². The van der Waals surface area contributed by atoms with Crippen molar-refractivity contribution >= 4 is 28.9 Å². The lowest BCUT2D eigenvalue weighted by molar-refractivity contribution is 0.538. The Morgan fingerprint density at radius 2 is 1.87 bits per heavy atom. The van der Waals surface area contributed by atoms with Gasteiger partial charge >= 0.3 is 0 Å². The van der Waals surface area contributed by atoms with E-state index in [9.17, 15) is 0 Å². The minimum atomic E-state index is 0.0610. The molecule has 0 N–H and O–H groups in total. The monoisotopic (exact) mass is 245 g/mol. The molecular formula is C12H17Cl2N. The molecule has 84 valence electrons. The normalized spacial score (nSPS) is 11.6. The number of anilines is 1. The first-order valence-electron chi connectivity index (χ1n) is 4.95. The van der Waals surface area contributed by atoms with Crippen LogP contribution in [0.4, 0.5) is 5.69 Å². The van der Waals surface area contributed by atoms with Gasteiger partial charge in [-0.15, -0.1) is 11.6 Å². The molecule has 0 aliphatic carbocycles. The lowest BCUT2D eigenvalue weighted by atomic mass is 10.0. The fourth-order valence-corrected chi connectivity index (χ4v) is 1.94. The fourth-order valence-electron chi connectivity index (χ4n) is 1.36. The predicted octanol–water partition coefficient (Wildman–Crippen LogP) is 4.31. The first-order valence-corrected chi connectivity index (χ1v) is 5.86. The first kappa shape index (κ1) is 12.7. The van der Waals surface area contributed by atoms with Gasteiger partial charge in [0.2, 0.25) is 0 Å². The van der Waals surface area contributed by atoms with Gasteiger partial charge in [-0.3, -0.25) is 0 Å². The van der Waals surface area contributed by atoms with E-state index in [0.717, 1.165) is 16.3 Å². The molecule has 0 aliphatic heterocycles. The SMILES string of the molecule is CN(c1cccc(Cl)c1CCl)C(C)(C)C. The van der Waals surface area contributed by atoms with Crippen molar-refractivity contribution in [1.29, 1.82) is 0 Å². The number of halogens is 2. The Morgan fingerprint density at radius 1 is 1.27 bits per heavy atom. The number of benzene rings is 1. The van der Waals surface area contributed by atoms with Gasteiger partial charge in [0.25, 0.3) is 0 Å². The second-order valence-corrected chi connectivity index (χ2v) is 5.28. The van der Waals surface area contributed by atoms with E-state index in [-0.39, 0.29) is 5.54 Å². The molecule has 15 heavy (non-hydrogen) atoms. The minimum Gasteiger partial charge on any atom is -0.369 e. The van der Waals surface area contributed by atoms with Crippen LogP contribution in [0.25, 0.3) is 0 Å². The van der Waals surface area contributed by atoms with E-state index in [1.165, 1.54) is 0 Å². The maximum absolute atomic E-state index is 6.11. The van der Waals surface area contributed by atoms with Gasteiger partial charge in [-0.2, -0.15) is 0 Å². The fraction of sp³-hybridized carbons (Fsp3) is 0.500. The summed E-state index contributed by atoms with van der Waals surface area (Å²) in [5.41, 5.74) is 2.16. The van der Waals surface area contributed by atoms with Crippen LogP contribution in [0.2, 0.25) is 5.02 Å². The van der Waals surface area contributed by atoms with Crippen molar-refractivity contribution in [1.82, 2.24) is 0 Å². The van der Waals surface area contributed by atoms with Crippen molar-refractivity contribution in [3.63, 3.8) is 0 Å². The Hall–Kier alpha value is -0.400. The summed E-state index contributed by atoms with van der Waals surface area (Å²) in [7, 11) is 2.06. The molecule has 0 saturated heterocycles. The van der Waals surface area contributed by atoms with Crippen molar-refractivity contribution in [3.05, 3.63) is 28.8 Å². The Labute approximate surface area is 102 Å². The van der Waals surface area contributed by atoms with Crippen LogP contribution < -0.4 is 4.90 Å². The third-order valence-corrected chi connectivity index (χ3v) is 3.22. The van der Waals surface area contributed by atoms with E-state index in [4.69, 9.17) is 23.2 Å². The van der Waals surface area contributed by atoms with Crippen molar-refractivity contribution in [2.45, 2.75) is 32.2 Å². The van der Waals surface area contributed by atoms with E-state index in [1.54, 1.807) is 0 Å². The third kappa shape index (κ3) is 2.79. The van der Waals surface area contributed by atoms with Gasteiger partial charge in [0, 0.05) is 28.9 Å². The van der Waals surface area contributed by atoms with Crippen LogP contribution in [0, 0.1) is 0 Å². The quantitative estimate of drug-likeness (QED) is 0.702. The number of alkyl halides is 1. The van der Waals surface area contributed by atoms with Crippen molar-refractivity contribution in [2.75, 3.05) is 11.9 Å². The molecule has 0 amide bonds. The van der Waals surface area contributed by atoms with Gasteiger partial charge in [-0.25, -0.2) is 0 Å². The highest BCUT2D eigenvalue weighted by molar-refractivity contribution is 6.32.